The summed E-state index contributed by atoms with van der Waals surface area (Å²) in [5.41, 5.74) is 0.493. The minimum absolute atomic E-state index is 0.0438. The first kappa shape index (κ1) is 18.4. The van der Waals surface area contributed by atoms with E-state index in [1.807, 2.05) is 45.0 Å². The Hall–Kier alpha value is -2.41. The van der Waals surface area contributed by atoms with Crippen LogP contribution in [-0.2, 0) is 10.4 Å². The minimum atomic E-state index is -1.16. The number of benzene rings is 1. The van der Waals surface area contributed by atoms with E-state index in [1.165, 1.54) is 0 Å². The molecule has 0 spiro atoms. The first-order chi connectivity index (χ1) is 12.4. The van der Waals surface area contributed by atoms with Crippen molar-refractivity contribution in [3.63, 3.8) is 0 Å². The van der Waals surface area contributed by atoms with Crippen molar-refractivity contribution >= 4 is 5.91 Å². The van der Waals surface area contributed by atoms with Crippen molar-refractivity contribution < 1.29 is 14.6 Å². The van der Waals surface area contributed by atoms with Gasteiger partial charge in [-0.05, 0) is 45.7 Å². The van der Waals surface area contributed by atoms with Gasteiger partial charge < -0.3 is 14.7 Å². The molecule has 2 aromatic rings. The second kappa shape index (κ2) is 7.45. The number of amides is 1. The summed E-state index contributed by atoms with van der Waals surface area (Å²) in [6.45, 7) is 6.77. The van der Waals surface area contributed by atoms with E-state index < -0.39 is 5.60 Å². The van der Waals surface area contributed by atoms with E-state index in [0.29, 0.717) is 30.8 Å². The van der Waals surface area contributed by atoms with Crippen LogP contribution in [0.2, 0.25) is 0 Å². The molecule has 0 bridgehead atoms. The number of aryl methyl sites for hydroxylation is 1. The summed E-state index contributed by atoms with van der Waals surface area (Å²) in [5.74, 6) is 0.524. The van der Waals surface area contributed by atoms with Gasteiger partial charge in [0, 0.05) is 12.6 Å². The molecule has 1 aromatic heterocycles. The number of carbonyl (C=O) groups is 1. The minimum Gasteiger partial charge on any atom is -0.484 e. The van der Waals surface area contributed by atoms with Crippen LogP contribution in [0.4, 0.5) is 0 Å². The molecule has 0 aliphatic carbocycles. The zero-order valence-corrected chi connectivity index (χ0v) is 15.6. The highest BCUT2D eigenvalue weighted by Gasteiger charge is 2.39. The van der Waals surface area contributed by atoms with Crippen molar-refractivity contribution in [3.8, 4) is 5.75 Å². The second-order valence-electron chi connectivity index (χ2n) is 7.23. The molecule has 0 unspecified atom stereocenters. The number of β-amino-alcohol motifs (C(OH)–C–C–N with tert-alkyl or cyclic N) is 1. The predicted molar refractivity (Wildman–Crippen MR) is 96.8 cm³/mol. The summed E-state index contributed by atoms with van der Waals surface area (Å²) in [6.07, 6.45) is 3.04. The fourth-order valence-electron chi connectivity index (χ4n) is 3.07. The van der Waals surface area contributed by atoms with Crippen LogP contribution in [0.15, 0.2) is 30.5 Å². The van der Waals surface area contributed by atoms with E-state index in [-0.39, 0.29) is 25.1 Å². The third kappa shape index (κ3) is 4.04. The number of nitrogens with zero attached hydrogens (tertiary/aromatic N) is 4. The maximum absolute atomic E-state index is 12.5. The average Bonchev–Trinajstić information content (AvgIpc) is 3.12. The molecule has 0 saturated carbocycles. The summed E-state index contributed by atoms with van der Waals surface area (Å²) < 4.78 is 7.30. The third-order valence-electron chi connectivity index (χ3n) is 4.72. The Balaban J connectivity index is 1.63. The molecular formula is C19H26N4O3. The Morgan fingerprint density at radius 1 is 1.35 bits per heavy atom. The SMILES string of the molecule is Cc1ccc(OCC(=O)N2CCC[C@](O)(c3cn(C(C)C)nn3)C2)cc1. The molecule has 26 heavy (non-hydrogen) atoms. The molecule has 1 atom stereocenters. The lowest BCUT2D eigenvalue weighted by Crippen LogP contribution is -2.50. The fourth-order valence-corrected chi connectivity index (χ4v) is 3.07. The fraction of sp³-hybridized carbons (Fsp3) is 0.526. The smallest absolute Gasteiger partial charge is 0.260 e. The number of aromatic nitrogens is 3. The Labute approximate surface area is 153 Å². The molecule has 1 aliphatic heterocycles. The van der Waals surface area contributed by atoms with E-state index in [4.69, 9.17) is 4.74 Å². The number of rotatable bonds is 5. The van der Waals surface area contributed by atoms with E-state index in [0.717, 1.165) is 5.56 Å². The Kier molecular flexibility index (Phi) is 5.27. The van der Waals surface area contributed by atoms with Gasteiger partial charge in [-0.2, -0.15) is 0 Å². The number of piperidine rings is 1. The Morgan fingerprint density at radius 3 is 2.73 bits per heavy atom. The van der Waals surface area contributed by atoms with Crippen LogP contribution in [0, 0.1) is 6.92 Å². The maximum Gasteiger partial charge on any atom is 0.260 e. The van der Waals surface area contributed by atoms with E-state index >= 15 is 0 Å². The molecule has 1 aliphatic rings. The van der Waals surface area contributed by atoms with Crippen molar-refractivity contribution in [2.45, 2.75) is 45.3 Å². The molecule has 3 rings (SSSR count). The topological polar surface area (TPSA) is 80.5 Å². The van der Waals surface area contributed by atoms with Crippen molar-refractivity contribution in [2.75, 3.05) is 19.7 Å². The summed E-state index contributed by atoms with van der Waals surface area (Å²) in [4.78, 5) is 14.2. The van der Waals surface area contributed by atoms with Crippen LogP contribution in [-0.4, -0.2) is 50.6 Å². The summed E-state index contributed by atoms with van der Waals surface area (Å²) in [5, 5.41) is 19.2. The summed E-state index contributed by atoms with van der Waals surface area (Å²) in [7, 11) is 0. The van der Waals surface area contributed by atoms with Gasteiger partial charge in [0.25, 0.3) is 5.91 Å². The van der Waals surface area contributed by atoms with Gasteiger partial charge in [0.05, 0.1) is 12.7 Å². The zero-order valence-electron chi connectivity index (χ0n) is 15.6. The van der Waals surface area contributed by atoms with Crippen LogP contribution in [0.25, 0.3) is 0 Å². The first-order valence-corrected chi connectivity index (χ1v) is 8.99. The highest BCUT2D eigenvalue weighted by atomic mass is 16.5. The van der Waals surface area contributed by atoms with Crippen LogP contribution in [0.1, 0.15) is 44.0 Å². The lowest BCUT2D eigenvalue weighted by molar-refractivity contribution is -0.141. The molecule has 1 aromatic carbocycles. The lowest BCUT2D eigenvalue weighted by atomic mass is 9.90. The second-order valence-corrected chi connectivity index (χ2v) is 7.23. The number of carbonyl (C=O) groups excluding carboxylic acids is 1. The maximum atomic E-state index is 12.5. The van der Waals surface area contributed by atoms with Gasteiger partial charge >= 0.3 is 0 Å². The average molecular weight is 358 g/mol. The van der Waals surface area contributed by atoms with Gasteiger partial charge in [-0.25, -0.2) is 4.68 Å². The van der Waals surface area contributed by atoms with Crippen molar-refractivity contribution in [3.05, 3.63) is 41.7 Å². The van der Waals surface area contributed by atoms with Gasteiger partial charge in [0.1, 0.15) is 17.0 Å². The zero-order chi connectivity index (χ0) is 18.7. The Morgan fingerprint density at radius 2 is 2.08 bits per heavy atom. The van der Waals surface area contributed by atoms with Crippen LogP contribution in [0.3, 0.4) is 0 Å². The summed E-state index contributed by atoms with van der Waals surface area (Å²) in [6, 6.07) is 7.75. The normalized spacial score (nSPS) is 20.4. The molecular weight excluding hydrogens is 332 g/mol. The highest BCUT2D eigenvalue weighted by Crippen LogP contribution is 2.30. The summed E-state index contributed by atoms with van der Waals surface area (Å²) >= 11 is 0. The molecule has 140 valence electrons. The molecule has 0 radical (unpaired) electrons. The van der Waals surface area contributed by atoms with Gasteiger partial charge in [-0.1, -0.05) is 22.9 Å². The van der Waals surface area contributed by atoms with E-state index in [9.17, 15) is 9.90 Å². The van der Waals surface area contributed by atoms with Gasteiger partial charge in [-0.15, -0.1) is 5.10 Å². The molecule has 1 amide bonds. The highest BCUT2D eigenvalue weighted by molar-refractivity contribution is 5.78. The van der Waals surface area contributed by atoms with Gasteiger partial charge in [0.15, 0.2) is 6.61 Å². The van der Waals surface area contributed by atoms with Crippen molar-refractivity contribution in [2.24, 2.45) is 0 Å². The molecule has 1 N–H and O–H groups in total. The number of aliphatic hydroxyl groups is 1. The molecule has 7 nitrogen and oxygen atoms in total. The quantitative estimate of drug-likeness (QED) is 0.885. The molecule has 2 heterocycles. The molecule has 1 saturated heterocycles. The van der Waals surface area contributed by atoms with Crippen LogP contribution < -0.4 is 4.74 Å². The van der Waals surface area contributed by atoms with Gasteiger partial charge in [-0.3, -0.25) is 4.79 Å². The Bertz CT molecular complexity index is 756. The van der Waals surface area contributed by atoms with Gasteiger partial charge in [0.2, 0.25) is 0 Å². The molecule has 1 fully saturated rings. The largest absolute Gasteiger partial charge is 0.484 e. The number of likely N-dealkylation sites (tertiary alicyclic amines) is 1. The first-order valence-electron chi connectivity index (χ1n) is 8.99. The van der Waals surface area contributed by atoms with Crippen molar-refractivity contribution in [1.82, 2.24) is 19.9 Å². The van der Waals surface area contributed by atoms with Crippen LogP contribution >= 0.6 is 0 Å². The van der Waals surface area contributed by atoms with Crippen molar-refractivity contribution in [1.29, 1.82) is 0 Å². The van der Waals surface area contributed by atoms with E-state index in [1.54, 1.807) is 15.8 Å². The van der Waals surface area contributed by atoms with E-state index in [2.05, 4.69) is 10.3 Å². The number of hydrogen-bond donors (Lipinski definition) is 1. The number of ether oxygens (including phenoxy) is 1. The third-order valence-corrected chi connectivity index (χ3v) is 4.72. The standard InChI is InChI=1S/C19H26N4O3/c1-14(2)23-11-17(20-21-23)19(25)9-4-10-22(13-19)18(24)12-26-16-7-5-15(3)6-8-16/h5-8,11,14,25H,4,9-10,12-13H2,1-3H3/t19-/m1/s1. The monoisotopic (exact) mass is 358 g/mol. The molecule has 7 heteroatoms. The van der Waals surface area contributed by atoms with Crippen LogP contribution in [0.5, 0.6) is 5.75 Å². The lowest BCUT2D eigenvalue weighted by Gasteiger charge is -2.37. The number of hydrogen-bond acceptors (Lipinski definition) is 5. The predicted octanol–water partition coefficient (Wildman–Crippen LogP) is 2.06.